The monoisotopic (exact) mass is 345 g/mol. The Balaban J connectivity index is 2.15. The highest BCUT2D eigenvalue weighted by Crippen LogP contribution is 2.16. The van der Waals surface area contributed by atoms with Gasteiger partial charge in [-0.3, -0.25) is 4.90 Å². The van der Waals surface area contributed by atoms with E-state index in [2.05, 4.69) is 49.9 Å². The maximum atomic E-state index is 11.6. The molecule has 4 heteroatoms. The molecule has 0 fully saturated rings. The van der Waals surface area contributed by atoms with E-state index in [0.29, 0.717) is 10.8 Å². The number of nitrogens with zero attached hydrogens (tertiary/aromatic N) is 1. The molecule has 2 rings (SSSR count). The van der Waals surface area contributed by atoms with Crippen molar-refractivity contribution in [1.29, 1.82) is 0 Å². The lowest BCUT2D eigenvalue weighted by Gasteiger charge is -2.25. The summed E-state index contributed by atoms with van der Waals surface area (Å²) in [4.78, 5) is 2.79. The van der Waals surface area contributed by atoms with E-state index in [4.69, 9.17) is 0 Å². The van der Waals surface area contributed by atoms with Crippen LogP contribution in [0.15, 0.2) is 53.4 Å². The van der Waals surface area contributed by atoms with Crippen LogP contribution in [-0.4, -0.2) is 26.1 Å². The van der Waals surface area contributed by atoms with E-state index in [1.807, 2.05) is 12.1 Å². The summed E-state index contributed by atoms with van der Waals surface area (Å²) < 4.78 is 23.2. The van der Waals surface area contributed by atoms with Crippen LogP contribution in [0.25, 0.3) is 0 Å². The van der Waals surface area contributed by atoms with Gasteiger partial charge in [-0.05, 0) is 41.7 Å². The summed E-state index contributed by atoms with van der Waals surface area (Å²) in [7, 11) is -3.13. The minimum atomic E-state index is -3.13. The molecule has 2 aromatic rings. The fourth-order valence-corrected chi connectivity index (χ4v) is 3.46. The van der Waals surface area contributed by atoms with Gasteiger partial charge in [0.05, 0.1) is 4.90 Å². The minimum Gasteiger partial charge on any atom is -0.295 e. The van der Waals surface area contributed by atoms with Crippen molar-refractivity contribution in [3.63, 3.8) is 0 Å². The second-order valence-corrected chi connectivity index (χ2v) is 8.92. The molecule has 0 aliphatic rings. The van der Waals surface area contributed by atoms with Crippen molar-refractivity contribution in [1.82, 2.24) is 4.90 Å². The summed E-state index contributed by atoms with van der Waals surface area (Å²) in [5, 5.41) is 0. The Morgan fingerprint density at radius 1 is 0.958 bits per heavy atom. The van der Waals surface area contributed by atoms with Crippen LogP contribution in [0, 0.1) is 12.8 Å². The van der Waals surface area contributed by atoms with Gasteiger partial charge in [0.15, 0.2) is 9.84 Å². The summed E-state index contributed by atoms with van der Waals surface area (Å²) in [6.07, 6.45) is 1.24. The fourth-order valence-electron chi connectivity index (χ4n) is 2.83. The standard InChI is InChI=1S/C20H27NO2S/c1-16(2)13-21(15-19-8-6-5-7-17(19)3)14-18-9-11-20(12-10-18)24(4,22)23/h5-12,16H,13-15H2,1-4H3. The molecule has 0 spiro atoms. The molecule has 0 saturated carbocycles. The van der Waals surface area contributed by atoms with Crippen LogP contribution in [0.5, 0.6) is 0 Å². The van der Waals surface area contributed by atoms with Crippen molar-refractivity contribution >= 4 is 9.84 Å². The first-order chi connectivity index (χ1) is 11.3. The van der Waals surface area contributed by atoms with Crippen LogP contribution in [0.2, 0.25) is 0 Å². The molecular formula is C20H27NO2S. The summed E-state index contributed by atoms with van der Waals surface area (Å²) in [5.41, 5.74) is 3.78. The molecule has 0 saturated heterocycles. The van der Waals surface area contributed by atoms with Gasteiger partial charge >= 0.3 is 0 Å². The third-order valence-corrected chi connectivity index (χ3v) is 5.16. The summed E-state index contributed by atoms with van der Waals surface area (Å²) >= 11 is 0. The van der Waals surface area contributed by atoms with Crippen LogP contribution in [0.1, 0.15) is 30.5 Å². The van der Waals surface area contributed by atoms with E-state index in [1.165, 1.54) is 17.4 Å². The van der Waals surface area contributed by atoms with Gasteiger partial charge in [-0.15, -0.1) is 0 Å². The zero-order valence-corrected chi connectivity index (χ0v) is 15.8. The highest BCUT2D eigenvalue weighted by molar-refractivity contribution is 7.90. The van der Waals surface area contributed by atoms with Crippen molar-refractivity contribution in [3.8, 4) is 0 Å². The molecule has 0 N–H and O–H groups in total. The second kappa shape index (κ2) is 7.95. The van der Waals surface area contributed by atoms with Crippen molar-refractivity contribution in [2.45, 2.75) is 38.8 Å². The fraction of sp³-hybridized carbons (Fsp3) is 0.400. The Morgan fingerprint density at radius 3 is 2.12 bits per heavy atom. The van der Waals surface area contributed by atoms with Gasteiger partial charge in [0.1, 0.15) is 0 Å². The maximum absolute atomic E-state index is 11.6. The summed E-state index contributed by atoms with van der Waals surface area (Å²) in [6.45, 7) is 9.30. The molecule has 130 valence electrons. The normalized spacial score (nSPS) is 12.1. The molecular weight excluding hydrogens is 318 g/mol. The van der Waals surface area contributed by atoms with Crippen LogP contribution in [0.3, 0.4) is 0 Å². The average molecular weight is 346 g/mol. The topological polar surface area (TPSA) is 37.4 Å². The lowest BCUT2D eigenvalue weighted by atomic mass is 10.1. The zero-order valence-electron chi connectivity index (χ0n) is 15.0. The molecule has 0 aliphatic heterocycles. The molecule has 24 heavy (non-hydrogen) atoms. The van der Waals surface area contributed by atoms with E-state index in [-0.39, 0.29) is 0 Å². The molecule has 0 unspecified atom stereocenters. The molecule has 3 nitrogen and oxygen atoms in total. The minimum absolute atomic E-state index is 0.376. The van der Waals surface area contributed by atoms with Gasteiger partial charge in [0.2, 0.25) is 0 Å². The highest BCUT2D eigenvalue weighted by atomic mass is 32.2. The second-order valence-electron chi connectivity index (χ2n) is 6.91. The van der Waals surface area contributed by atoms with Crippen molar-refractivity contribution in [3.05, 3.63) is 65.2 Å². The SMILES string of the molecule is Cc1ccccc1CN(Cc1ccc(S(C)(=O)=O)cc1)CC(C)C. The predicted octanol–water partition coefficient (Wildman–Crippen LogP) is 4.06. The van der Waals surface area contributed by atoms with E-state index in [9.17, 15) is 8.42 Å². The number of rotatable bonds is 7. The first-order valence-electron chi connectivity index (χ1n) is 8.31. The van der Waals surface area contributed by atoms with Gasteiger partial charge < -0.3 is 0 Å². The number of sulfone groups is 1. The van der Waals surface area contributed by atoms with Crippen LogP contribution in [-0.2, 0) is 22.9 Å². The number of benzene rings is 2. The largest absolute Gasteiger partial charge is 0.295 e. The molecule has 0 bridgehead atoms. The Labute approximate surface area is 146 Å². The Morgan fingerprint density at radius 2 is 1.58 bits per heavy atom. The van der Waals surface area contributed by atoms with Crippen molar-refractivity contribution in [2.24, 2.45) is 5.92 Å². The smallest absolute Gasteiger partial charge is 0.175 e. The first-order valence-corrected chi connectivity index (χ1v) is 10.2. The number of hydrogen-bond acceptors (Lipinski definition) is 3. The lowest BCUT2D eigenvalue weighted by Crippen LogP contribution is -2.27. The van der Waals surface area contributed by atoms with Crippen molar-refractivity contribution in [2.75, 3.05) is 12.8 Å². The molecule has 2 aromatic carbocycles. The number of hydrogen-bond donors (Lipinski definition) is 0. The van der Waals surface area contributed by atoms with Gasteiger partial charge in [-0.2, -0.15) is 0 Å². The van der Waals surface area contributed by atoms with Crippen LogP contribution >= 0.6 is 0 Å². The Hall–Kier alpha value is -1.65. The maximum Gasteiger partial charge on any atom is 0.175 e. The molecule has 0 heterocycles. The van der Waals surface area contributed by atoms with E-state index in [1.54, 1.807) is 12.1 Å². The van der Waals surface area contributed by atoms with Gasteiger partial charge in [0.25, 0.3) is 0 Å². The average Bonchev–Trinajstić information content (AvgIpc) is 2.48. The molecule has 0 amide bonds. The van der Waals surface area contributed by atoms with Gasteiger partial charge in [-0.25, -0.2) is 8.42 Å². The molecule has 0 aromatic heterocycles. The van der Waals surface area contributed by atoms with Crippen LogP contribution < -0.4 is 0 Å². The zero-order chi connectivity index (χ0) is 17.7. The quantitative estimate of drug-likeness (QED) is 0.759. The van der Waals surface area contributed by atoms with Gasteiger partial charge in [-0.1, -0.05) is 50.2 Å². The first kappa shape index (κ1) is 18.7. The van der Waals surface area contributed by atoms with Gasteiger partial charge in [0, 0.05) is 25.9 Å². The van der Waals surface area contributed by atoms with E-state index in [0.717, 1.165) is 25.2 Å². The van der Waals surface area contributed by atoms with Crippen molar-refractivity contribution < 1.29 is 8.42 Å². The highest BCUT2D eigenvalue weighted by Gasteiger charge is 2.12. The lowest BCUT2D eigenvalue weighted by molar-refractivity contribution is 0.227. The van der Waals surface area contributed by atoms with Crippen LogP contribution in [0.4, 0.5) is 0 Å². The van der Waals surface area contributed by atoms with E-state index < -0.39 is 9.84 Å². The summed E-state index contributed by atoms with van der Waals surface area (Å²) in [6, 6.07) is 15.7. The molecule has 0 radical (unpaired) electrons. The molecule has 0 atom stereocenters. The summed E-state index contributed by atoms with van der Waals surface area (Å²) in [5.74, 6) is 0.573. The predicted molar refractivity (Wildman–Crippen MR) is 99.7 cm³/mol. The van der Waals surface area contributed by atoms with E-state index >= 15 is 0 Å². The third-order valence-electron chi connectivity index (χ3n) is 4.04. The molecule has 0 aliphatic carbocycles. The Bertz CT molecular complexity index is 764. The number of aryl methyl sites for hydroxylation is 1. The third kappa shape index (κ3) is 5.46. The Kier molecular flexibility index (Phi) is 6.19.